The number of aromatic nitrogens is 5. The number of alkyl halides is 2. The highest BCUT2D eigenvalue weighted by Crippen LogP contribution is 2.33. The maximum absolute atomic E-state index is 13.8. The van der Waals surface area contributed by atoms with Gasteiger partial charge < -0.3 is 4.90 Å². The van der Waals surface area contributed by atoms with E-state index in [1.165, 1.54) is 10.7 Å². The second kappa shape index (κ2) is 8.14. The van der Waals surface area contributed by atoms with Gasteiger partial charge in [-0.1, -0.05) is 0 Å². The summed E-state index contributed by atoms with van der Waals surface area (Å²) in [5.74, 6) is -2.54. The average molecular weight is 430 g/mol. The molecule has 3 aromatic heterocycles. The molecular weight excluding hydrogens is 409 g/mol. The number of halogens is 2. The molecule has 10 heteroatoms. The predicted molar refractivity (Wildman–Crippen MR) is 113 cm³/mol. The quantitative estimate of drug-likeness (QED) is 0.578. The molecule has 0 amide bonds. The summed E-state index contributed by atoms with van der Waals surface area (Å²) in [6.07, 6.45) is 7.58. The van der Waals surface area contributed by atoms with Gasteiger partial charge in [-0.2, -0.15) is 5.10 Å². The molecule has 0 aliphatic carbocycles. The average Bonchev–Trinajstić information content (AvgIpc) is 3.20. The molecule has 0 saturated carbocycles. The van der Waals surface area contributed by atoms with Gasteiger partial charge in [-0.05, 0) is 35.8 Å². The molecular formula is C20H21F2N6OP. The highest BCUT2D eigenvalue weighted by Gasteiger charge is 2.42. The molecule has 0 spiro atoms. The SMILES string of the molecule is CC(F)(F)C1CCCN1c1ncc(-c2ccc(=O)n(Cc3cncc(P)c3)n2)cn1. The maximum Gasteiger partial charge on any atom is 0.267 e. The van der Waals surface area contributed by atoms with Crippen molar-refractivity contribution in [3.05, 3.63) is 58.9 Å². The molecule has 1 saturated heterocycles. The van der Waals surface area contributed by atoms with Crippen molar-refractivity contribution < 1.29 is 8.78 Å². The Morgan fingerprint density at radius 2 is 1.97 bits per heavy atom. The molecule has 1 aliphatic rings. The fraction of sp³-hybridized carbons (Fsp3) is 0.350. The number of nitrogens with zero attached hydrogens (tertiary/aromatic N) is 6. The first-order chi connectivity index (χ1) is 14.3. The molecule has 1 fully saturated rings. The summed E-state index contributed by atoms with van der Waals surface area (Å²) in [7, 11) is 2.57. The van der Waals surface area contributed by atoms with E-state index >= 15 is 0 Å². The van der Waals surface area contributed by atoms with Crippen LogP contribution in [0.4, 0.5) is 14.7 Å². The van der Waals surface area contributed by atoms with E-state index in [1.807, 2.05) is 6.07 Å². The molecule has 7 nitrogen and oxygen atoms in total. The predicted octanol–water partition coefficient (Wildman–Crippen LogP) is 2.27. The van der Waals surface area contributed by atoms with E-state index in [-0.39, 0.29) is 18.1 Å². The molecule has 30 heavy (non-hydrogen) atoms. The zero-order chi connectivity index (χ0) is 21.3. The number of hydrogen-bond acceptors (Lipinski definition) is 6. The van der Waals surface area contributed by atoms with Crippen LogP contribution < -0.4 is 15.8 Å². The third kappa shape index (κ3) is 4.36. The fourth-order valence-corrected chi connectivity index (χ4v) is 3.92. The van der Waals surface area contributed by atoms with Crippen molar-refractivity contribution in [2.75, 3.05) is 11.4 Å². The van der Waals surface area contributed by atoms with E-state index in [2.05, 4.69) is 29.3 Å². The Kier molecular flexibility index (Phi) is 5.56. The first-order valence-corrected chi connectivity index (χ1v) is 10.1. The zero-order valence-electron chi connectivity index (χ0n) is 16.4. The van der Waals surface area contributed by atoms with Crippen molar-refractivity contribution in [3.63, 3.8) is 0 Å². The van der Waals surface area contributed by atoms with Crippen LogP contribution in [0.2, 0.25) is 0 Å². The lowest BCUT2D eigenvalue weighted by molar-refractivity contribution is -0.00408. The third-order valence-corrected chi connectivity index (χ3v) is 5.36. The lowest BCUT2D eigenvalue weighted by Crippen LogP contribution is -2.42. The van der Waals surface area contributed by atoms with E-state index in [0.717, 1.165) is 17.8 Å². The standard InChI is InChI=1S/C20H21F2N6OP/c1-20(21,22)17-3-2-6-27(17)19-24-9-14(10-25-19)16-4-5-18(29)28(26-16)12-13-7-15(30)11-23-8-13/h4-5,7-11,17H,2-3,6,12,30H2,1H3. The van der Waals surface area contributed by atoms with Gasteiger partial charge in [0.15, 0.2) is 0 Å². The largest absolute Gasteiger partial charge is 0.332 e. The fourth-order valence-electron chi connectivity index (χ4n) is 3.62. The lowest BCUT2D eigenvalue weighted by Gasteiger charge is -2.29. The van der Waals surface area contributed by atoms with Gasteiger partial charge in [-0.25, -0.2) is 23.4 Å². The van der Waals surface area contributed by atoms with Gasteiger partial charge in [0.1, 0.15) is 0 Å². The monoisotopic (exact) mass is 430 g/mol. The van der Waals surface area contributed by atoms with Crippen LogP contribution in [0, 0.1) is 0 Å². The summed E-state index contributed by atoms with van der Waals surface area (Å²) >= 11 is 0. The first kappa shape index (κ1) is 20.5. The zero-order valence-corrected chi connectivity index (χ0v) is 17.5. The minimum atomic E-state index is -2.82. The van der Waals surface area contributed by atoms with Crippen LogP contribution in [0.1, 0.15) is 25.3 Å². The molecule has 1 aliphatic heterocycles. The Morgan fingerprint density at radius 1 is 1.20 bits per heavy atom. The van der Waals surface area contributed by atoms with Crippen molar-refractivity contribution in [1.29, 1.82) is 0 Å². The molecule has 4 heterocycles. The van der Waals surface area contributed by atoms with E-state index in [0.29, 0.717) is 30.6 Å². The lowest BCUT2D eigenvalue weighted by atomic mass is 10.1. The normalized spacial score (nSPS) is 16.8. The van der Waals surface area contributed by atoms with Crippen LogP contribution in [0.25, 0.3) is 11.3 Å². The molecule has 4 rings (SSSR count). The smallest absolute Gasteiger partial charge is 0.267 e. The van der Waals surface area contributed by atoms with Crippen LogP contribution >= 0.6 is 9.24 Å². The highest BCUT2D eigenvalue weighted by molar-refractivity contribution is 7.27. The Bertz CT molecular complexity index is 1100. The van der Waals surface area contributed by atoms with Crippen molar-refractivity contribution >= 4 is 20.5 Å². The van der Waals surface area contributed by atoms with E-state index in [9.17, 15) is 13.6 Å². The third-order valence-electron chi connectivity index (χ3n) is 5.04. The summed E-state index contributed by atoms with van der Waals surface area (Å²) in [4.78, 5) is 26.5. The summed E-state index contributed by atoms with van der Waals surface area (Å²) in [6, 6.07) is 4.04. The molecule has 156 valence electrons. The topological polar surface area (TPSA) is 76.8 Å². The summed E-state index contributed by atoms with van der Waals surface area (Å²) < 4.78 is 29.0. The molecule has 3 aromatic rings. The van der Waals surface area contributed by atoms with Gasteiger partial charge in [0.05, 0.1) is 18.3 Å². The molecule has 0 bridgehead atoms. The van der Waals surface area contributed by atoms with Crippen LogP contribution in [0.15, 0.2) is 47.8 Å². The number of pyridine rings is 1. The molecule has 0 radical (unpaired) electrons. The van der Waals surface area contributed by atoms with Gasteiger partial charge in [0.2, 0.25) is 5.95 Å². The minimum Gasteiger partial charge on any atom is -0.332 e. The van der Waals surface area contributed by atoms with Crippen LogP contribution in [-0.2, 0) is 6.54 Å². The molecule has 2 unspecified atom stereocenters. The molecule has 0 N–H and O–H groups in total. The van der Waals surface area contributed by atoms with E-state index < -0.39 is 12.0 Å². The summed E-state index contributed by atoms with van der Waals surface area (Å²) in [5.41, 5.74) is 1.73. The van der Waals surface area contributed by atoms with E-state index in [1.54, 1.807) is 35.8 Å². The first-order valence-electron chi connectivity index (χ1n) is 9.56. The van der Waals surface area contributed by atoms with Crippen molar-refractivity contribution in [3.8, 4) is 11.3 Å². The van der Waals surface area contributed by atoms with Gasteiger partial charge >= 0.3 is 0 Å². The summed E-state index contributed by atoms with van der Waals surface area (Å²) in [5, 5.41) is 5.32. The van der Waals surface area contributed by atoms with Crippen LogP contribution in [0.5, 0.6) is 0 Å². The van der Waals surface area contributed by atoms with Gasteiger partial charge in [0, 0.05) is 49.9 Å². The van der Waals surface area contributed by atoms with Gasteiger partial charge in [-0.15, -0.1) is 9.24 Å². The maximum atomic E-state index is 13.8. The van der Waals surface area contributed by atoms with Crippen molar-refractivity contribution in [2.45, 2.75) is 38.3 Å². The Balaban J connectivity index is 1.58. The van der Waals surface area contributed by atoms with Crippen LogP contribution in [0.3, 0.4) is 0 Å². The number of rotatable bonds is 5. The second-order valence-corrected chi connectivity index (χ2v) is 8.09. The van der Waals surface area contributed by atoms with Crippen molar-refractivity contribution in [2.24, 2.45) is 0 Å². The Hall–Kier alpha value is -2.80. The summed E-state index contributed by atoms with van der Waals surface area (Å²) in [6.45, 7) is 1.71. The van der Waals surface area contributed by atoms with E-state index in [4.69, 9.17) is 0 Å². The Labute approximate surface area is 174 Å². The number of anilines is 1. The van der Waals surface area contributed by atoms with Gasteiger partial charge in [0.25, 0.3) is 11.5 Å². The second-order valence-electron chi connectivity index (χ2n) is 7.42. The van der Waals surface area contributed by atoms with Gasteiger partial charge in [-0.3, -0.25) is 9.78 Å². The molecule has 2 atom stereocenters. The van der Waals surface area contributed by atoms with Crippen molar-refractivity contribution in [1.82, 2.24) is 24.7 Å². The highest BCUT2D eigenvalue weighted by atomic mass is 31.0. The molecule has 0 aromatic carbocycles. The van der Waals surface area contributed by atoms with Crippen LogP contribution in [-0.4, -0.2) is 43.2 Å². The minimum absolute atomic E-state index is 0.240. The Morgan fingerprint density at radius 3 is 2.67 bits per heavy atom. The number of hydrogen-bond donors (Lipinski definition) is 0.